The summed E-state index contributed by atoms with van der Waals surface area (Å²) in [5, 5.41) is 13.0. The lowest BCUT2D eigenvalue weighted by atomic mass is 10.2. The van der Waals surface area contributed by atoms with Crippen LogP contribution in [0.25, 0.3) is 0 Å². The Kier molecular flexibility index (Phi) is 3.13. The van der Waals surface area contributed by atoms with Crippen molar-refractivity contribution in [3.63, 3.8) is 0 Å². The molecule has 0 amide bonds. The molecule has 0 bridgehead atoms. The predicted octanol–water partition coefficient (Wildman–Crippen LogP) is 0.435. The molecule has 0 radical (unpaired) electrons. The molecule has 1 fully saturated rings. The van der Waals surface area contributed by atoms with Crippen molar-refractivity contribution in [3.8, 4) is 0 Å². The van der Waals surface area contributed by atoms with Crippen LogP contribution in [-0.4, -0.2) is 21.5 Å². The molecule has 1 aromatic rings. The van der Waals surface area contributed by atoms with Crippen LogP contribution in [-0.2, 0) is 11.3 Å². The van der Waals surface area contributed by atoms with Gasteiger partial charge in [-0.2, -0.15) is 5.10 Å². The summed E-state index contributed by atoms with van der Waals surface area (Å²) < 4.78 is 6.79. The molecule has 5 heteroatoms. The van der Waals surface area contributed by atoms with E-state index in [1.807, 2.05) is 0 Å². The number of hydrogen-bond donors (Lipinski definition) is 1. The number of hydrogen-bond acceptors (Lipinski definition) is 4. The lowest BCUT2D eigenvalue weighted by molar-refractivity contribution is -0.0430. The summed E-state index contributed by atoms with van der Waals surface area (Å²) in [7, 11) is 0. The molecule has 0 spiro atoms. The third kappa shape index (κ3) is 2.24. The first-order valence-corrected chi connectivity index (χ1v) is 5.12. The van der Waals surface area contributed by atoms with Crippen LogP contribution in [0.15, 0.2) is 16.9 Å². The zero-order chi connectivity index (χ0) is 10.7. The molecule has 82 valence electrons. The fourth-order valence-corrected chi connectivity index (χ4v) is 1.67. The molecule has 15 heavy (non-hydrogen) atoms. The lowest BCUT2D eigenvalue weighted by Crippen LogP contribution is -2.31. The molecule has 1 aliphatic rings. The molecule has 0 saturated carbocycles. The van der Waals surface area contributed by atoms with Crippen LogP contribution in [0.4, 0.5) is 0 Å². The van der Waals surface area contributed by atoms with E-state index in [1.165, 1.54) is 16.8 Å². The Bertz CT molecular complexity index is 382. The zero-order valence-electron chi connectivity index (χ0n) is 8.43. The highest BCUT2D eigenvalue weighted by Crippen LogP contribution is 2.19. The van der Waals surface area contributed by atoms with E-state index >= 15 is 0 Å². The standard InChI is InChI=1S/C10H14N2O3/c13-7-8-4-5-9(14)12(11-8)10-3-1-2-6-15-10/h4-5,10,13H,1-3,6-7H2/t10-/m1/s1. The normalized spacial score (nSPS) is 21.5. The molecular formula is C10H14N2O3. The molecule has 0 aliphatic carbocycles. The maximum absolute atomic E-state index is 11.5. The molecule has 1 atom stereocenters. The largest absolute Gasteiger partial charge is 0.390 e. The van der Waals surface area contributed by atoms with E-state index in [1.54, 1.807) is 0 Å². The number of rotatable bonds is 2. The summed E-state index contributed by atoms with van der Waals surface area (Å²) in [6.45, 7) is 0.509. The average molecular weight is 210 g/mol. The highest BCUT2D eigenvalue weighted by Gasteiger charge is 2.17. The van der Waals surface area contributed by atoms with E-state index in [2.05, 4.69) is 5.10 Å². The smallest absolute Gasteiger partial charge is 0.269 e. The van der Waals surface area contributed by atoms with Gasteiger partial charge in [0.2, 0.25) is 0 Å². The van der Waals surface area contributed by atoms with E-state index in [0.29, 0.717) is 12.3 Å². The van der Waals surface area contributed by atoms with Crippen molar-refractivity contribution >= 4 is 0 Å². The van der Waals surface area contributed by atoms with Crippen LogP contribution in [0.2, 0.25) is 0 Å². The Balaban J connectivity index is 2.28. The topological polar surface area (TPSA) is 64.3 Å². The molecule has 2 rings (SSSR count). The number of ether oxygens (including phenoxy) is 1. The van der Waals surface area contributed by atoms with E-state index in [0.717, 1.165) is 19.3 Å². The van der Waals surface area contributed by atoms with Gasteiger partial charge in [0.15, 0.2) is 6.23 Å². The van der Waals surface area contributed by atoms with E-state index < -0.39 is 0 Å². The average Bonchev–Trinajstić information content (AvgIpc) is 2.31. The van der Waals surface area contributed by atoms with Gasteiger partial charge in [-0.3, -0.25) is 4.79 Å². The Morgan fingerprint density at radius 3 is 3.07 bits per heavy atom. The number of aliphatic hydroxyl groups is 1. The summed E-state index contributed by atoms with van der Waals surface area (Å²) in [4.78, 5) is 11.5. The minimum Gasteiger partial charge on any atom is -0.390 e. The minimum atomic E-state index is -0.266. The molecule has 1 saturated heterocycles. The van der Waals surface area contributed by atoms with Gasteiger partial charge in [-0.05, 0) is 25.3 Å². The van der Waals surface area contributed by atoms with Gasteiger partial charge in [0, 0.05) is 12.7 Å². The maximum atomic E-state index is 11.5. The quantitative estimate of drug-likeness (QED) is 0.769. The number of aromatic nitrogens is 2. The van der Waals surface area contributed by atoms with Crippen LogP contribution in [0.1, 0.15) is 31.2 Å². The van der Waals surface area contributed by atoms with Gasteiger partial charge in [-0.15, -0.1) is 0 Å². The van der Waals surface area contributed by atoms with Gasteiger partial charge < -0.3 is 9.84 Å². The molecule has 2 heterocycles. The molecule has 5 nitrogen and oxygen atoms in total. The third-order valence-electron chi connectivity index (χ3n) is 2.47. The Hall–Kier alpha value is -1.20. The van der Waals surface area contributed by atoms with Gasteiger partial charge in [-0.25, -0.2) is 4.68 Å². The van der Waals surface area contributed by atoms with Crippen LogP contribution in [0.5, 0.6) is 0 Å². The van der Waals surface area contributed by atoms with E-state index in [-0.39, 0.29) is 18.4 Å². The summed E-state index contributed by atoms with van der Waals surface area (Å²) in [5.74, 6) is 0. The van der Waals surface area contributed by atoms with Crippen LogP contribution in [0.3, 0.4) is 0 Å². The summed E-state index contributed by atoms with van der Waals surface area (Å²) in [6, 6.07) is 2.94. The second kappa shape index (κ2) is 4.55. The van der Waals surface area contributed by atoms with Gasteiger partial charge in [0.25, 0.3) is 5.56 Å². The Labute approximate surface area is 87.3 Å². The summed E-state index contributed by atoms with van der Waals surface area (Å²) >= 11 is 0. The zero-order valence-corrected chi connectivity index (χ0v) is 8.43. The highest BCUT2D eigenvalue weighted by molar-refractivity contribution is 4.99. The van der Waals surface area contributed by atoms with Crippen LogP contribution in [0, 0.1) is 0 Å². The van der Waals surface area contributed by atoms with Crippen molar-refractivity contribution in [3.05, 3.63) is 28.2 Å². The molecule has 0 aromatic carbocycles. The highest BCUT2D eigenvalue weighted by atomic mass is 16.5. The van der Waals surface area contributed by atoms with Crippen molar-refractivity contribution < 1.29 is 9.84 Å². The van der Waals surface area contributed by atoms with Gasteiger partial charge in [-0.1, -0.05) is 0 Å². The van der Waals surface area contributed by atoms with Crippen LogP contribution >= 0.6 is 0 Å². The number of nitrogens with zero attached hydrogens (tertiary/aromatic N) is 2. The molecule has 0 unspecified atom stereocenters. The van der Waals surface area contributed by atoms with Crippen molar-refractivity contribution in [1.82, 2.24) is 9.78 Å². The molecule has 1 N–H and O–H groups in total. The molecule has 1 aromatic heterocycles. The fraction of sp³-hybridized carbons (Fsp3) is 0.600. The minimum absolute atomic E-state index is 0.160. The lowest BCUT2D eigenvalue weighted by Gasteiger charge is -2.23. The summed E-state index contributed by atoms with van der Waals surface area (Å²) in [6.07, 6.45) is 2.62. The Morgan fingerprint density at radius 2 is 2.40 bits per heavy atom. The fourth-order valence-electron chi connectivity index (χ4n) is 1.67. The van der Waals surface area contributed by atoms with Crippen molar-refractivity contribution in [2.24, 2.45) is 0 Å². The summed E-state index contributed by atoms with van der Waals surface area (Å²) in [5.41, 5.74) is 0.308. The van der Waals surface area contributed by atoms with E-state index in [4.69, 9.17) is 9.84 Å². The van der Waals surface area contributed by atoms with E-state index in [9.17, 15) is 4.79 Å². The first kappa shape index (κ1) is 10.3. The second-order valence-corrected chi connectivity index (χ2v) is 3.59. The molecule has 1 aliphatic heterocycles. The predicted molar refractivity (Wildman–Crippen MR) is 53.3 cm³/mol. The monoisotopic (exact) mass is 210 g/mol. The van der Waals surface area contributed by atoms with Crippen molar-refractivity contribution in [1.29, 1.82) is 0 Å². The van der Waals surface area contributed by atoms with Crippen molar-refractivity contribution in [2.75, 3.05) is 6.61 Å². The van der Waals surface area contributed by atoms with Gasteiger partial charge in [0.05, 0.1) is 12.3 Å². The number of aliphatic hydroxyl groups excluding tert-OH is 1. The second-order valence-electron chi connectivity index (χ2n) is 3.59. The Morgan fingerprint density at radius 1 is 1.53 bits per heavy atom. The first-order valence-electron chi connectivity index (χ1n) is 5.12. The van der Waals surface area contributed by atoms with Crippen molar-refractivity contribution in [2.45, 2.75) is 32.1 Å². The third-order valence-corrected chi connectivity index (χ3v) is 2.47. The maximum Gasteiger partial charge on any atom is 0.269 e. The first-order chi connectivity index (χ1) is 7.31. The van der Waals surface area contributed by atoms with Gasteiger partial charge >= 0.3 is 0 Å². The SMILES string of the molecule is O=c1ccc(CO)nn1[C@H]1CCCCO1. The molecular weight excluding hydrogens is 196 g/mol. The van der Waals surface area contributed by atoms with Gasteiger partial charge in [0.1, 0.15) is 0 Å². The van der Waals surface area contributed by atoms with Crippen LogP contribution < -0.4 is 5.56 Å².